The van der Waals surface area contributed by atoms with Crippen LogP contribution in [0.2, 0.25) is 0 Å². The zero-order chi connectivity index (χ0) is 32.3. The van der Waals surface area contributed by atoms with E-state index in [2.05, 4.69) is 19.1 Å². The highest BCUT2D eigenvalue weighted by Gasteiger charge is 2.38. The second-order valence-electron chi connectivity index (χ2n) is 13.4. The molecule has 0 aliphatic rings. The number of quaternary nitrogens is 1. The largest absolute Gasteiger partial charge is 0.481 e. The van der Waals surface area contributed by atoms with E-state index in [9.17, 15) is 29.7 Å². The summed E-state index contributed by atoms with van der Waals surface area (Å²) in [4.78, 5) is 34.9. The van der Waals surface area contributed by atoms with Gasteiger partial charge in [-0.2, -0.15) is 0 Å². The molecule has 0 radical (unpaired) electrons. The molecule has 0 aliphatic carbocycles. The number of aliphatic carboxylic acids is 3. The van der Waals surface area contributed by atoms with Crippen LogP contribution in [0.4, 0.5) is 0 Å². The monoisotopic (exact) mass is 611 g/mol. The van der Waals surface area contributed by atoms with Crippen molar-refractivity contribution < 1.29 is 34.2 Å². The molecular weight excluding hydrogens is 542 g/mol. The van der Waals surface area contributed by atoms with Crippen LogP contribution in [0.15, 0.2) is 12.2 Å². The number of unbranched alkanes of at least 4 members (excludes halogenated alkanes) is 18. The number of hydrogen-bond donors (Lipinski definition) is 3. The first kappa shape index (κ1) is 41.1. The van der Waals surface area contributed by atoms with Crippen molar-refractivity contribution in [3.8, 4) is 0 Å². The minimum absolute atomic E-state index is 0.227. The van der Waals surface area contributed by atoms with Gasteiger partial charge >= 0.3 is 17.9 Å². The summed E-state index contributed by atoms with van der Waals surface area (Å²) in [5, 5.41) is 28.6. The van der Waals surface area contributed by atoms with Crippen LogP contribution in [0.25, 0.3) is 0 Å². The summed E-state index contributed by atoms with van der Waals surface area (Å²) >= 11 is 0. The van der Waals surface area contributed by atoms with Crippen molar-refractivity contribution >= 4 is 17.9 Å². The van der Waals surface area contributed by atoms with Crippen LogP contribution in [0.3, 0.4) is 0 Å². The Kier molecular flexibility index (Phi) is 25.3. The van der Waals surface area contributed by atoms with Gasteiger partial charge in [-0.3, -0.25) is 14.4 Å². The highest BCUT2D eigenvalue weighted by atomic mass is 16.4. The molecule has 0 spiro atoms. The third kappa shape index (κ3) is 23.2. The fourth-order valence-electron chi connectivity index (χ4n) is 6.23. The van der Waals surface area contributed by atoms with Gasteiger partial charge in [-0.05, 0) is 59.3 Å². The second kappa shape index (κ2) is 26.5. The fourth-order valence-corrected chi connectivity index (χ4v) is 6.23. The Bertz CT molecular complexity index is 697. The smallest absolute Gasteiger partial charge is 0.311 e. The van der Waals surface area contributed by atoms with Gasteiger partial charge in [-0.15, -0.1) is 0 Å². The van der Waals surface area contributed by atoms with Crippen LogP contribution in [0.5, 0.6) is 0 Å². The molecule has 0 aromatic heterocycles. The molecule has 0 saturated carbocycles. The SMILES string of the molecule is CCCCC/C=C/CCCCCCCCCCCCCCCCC[N+](CC(C)C(=O)O)(CC(C)C(=O)O)CC(C)C(=O)O. The van der Waals surface area contributed by atoms with Crippen LogP contribution in [0, 0.1) is 17.8 Å². The summed E-state index contributed by atoms with van der Waals surface area (Å²) in [5.74, 6) is -4.79. The number of hydrogen-bond acceptors (Lipinski definition) is 3. The fraction of sp³-hybridized carbons (Fsp3) is 0.861. The normalized spacial score (nSPS) is 15.3. The molecule has 0 rings (SSSR count). The van der Waals surface area contributed by atoms with Gasteiger partial charge in [-0.25, -0.2) is 0 Å². The van der Waals surface area contributed by atoms with Crippen LogP contribution in [0.1, 0.15) is 156 Å². The van der Waals surface area contributed by atoms with E-state index in [4.69, 9.17) is 0 Å². The van der Waals surface area contributed by atoms with Gasteiger partial charge in [0.05, 0.1) is 26.2 Å². The second-order valence-corrected chi connectivity index (χ2v) is 13.4. The Balaban J connectivity index is 4.13. The van der Waals surface area contributed by atoms with Gasteiger partial charge < -0.3 is 19.8 Å². The Morgan fingerprint density at radius 3 is 1.07 bits per heavy atom. The third-order valence-corrected chi connectivity index (χ3v) is 8.89. The van der Waals surface area contributed by atoms with E-state index in [1.807, 2.05) is 0 Å². The molecule has 7 nitrogen and oxygen atoms in total. The number of carboxylic acids is 3. The molecule has 3 N–H and O–H groups in total. The maximum absolute atomic E-state index is 11.6. The van der Waals surface area contributed by atoms with Gasteiger partial charge in [-0.1, -0.05) is 109 Å². The highest BCUT2D eigenvalue weighted by molar-refractivity contribution is 5.70. The Morgan fingerprint density at radius 1 is 0.488 bits per heavy atom. The lowest BCUT2D eigenvalue weighted by Gasteiger charge is -2.42. The van der Waals surface area contributed by atoms with Gasteiger partial charge in [0.2, 0.25) is 0 Å². The summed E-state index contributed by atoms with van der Waals surface area (Å²) < 4.78 is 0.227. The van der Waals surface area contributed by atoms with Gasteiger partial charge in [0, 0.05) is 0 Å². The predicted octanol–water partition coefficient (Wildman–Crippen LogP) is 9.34. The van der Waals surface area contributed by atoms with Crippen LogP contribution in [-0.4, -0.2) is 63.9 Å². The first-order chi connectivity index (χ1) is 20.5. The van der Waals surface area contributed by atoms with Crippen molar-refractivity contribution in [3.05, 3.63) is 12.2 Å². The molecule has 0 amide bonds. The van der Waals surface area contributed by atoms with Gasteiger partial charge in [0.1, 0.15) is 17.8 Å². The van der Waals surface area contributed by atoms with E-state index in [-0.39, 0.29) is 24.1 Å². The molecule has 0 aromatic rings. The molecule has 252 valence electrons. The minimum Gasteiger partial charge on any atom is -0.481 e. The lowest BCUT2D eigenvalue weighted by atomic mass is 10.00. The quantitative estimate of drug-likeness (QED) is 0.0410. The first-order valence-corrected chi connectivity index (χ1v) is 17.7. The van der Waals surface area contributed by atoms with E-state index < -0.39 is 35.7 Å². The first-order valence-electron chi connectivity index (χ1n) is 17.7. The molecule has 0 saturated heterocycles. The Labute approximate surface area is 264 Å². The molecule has 0 bridgehead atoms. The highest BCUT2D eigenvalue weighted by Crippen LogP contribution is 2.22. The summed E-state index contributed by atoms with van der Waals surface area (Å²) in [7, 11) is 0. The molecular formula is C36H68NO6+. The molecule has 3 unspecified atom stereocenters. The van der Waals surface area contributed by atoms with Crippen molar-refractivity contribution in [1.29, 1.82) is 0 Å². The maximum atomic E-state index is 11.6. The third-order valence-electron chi connectivity index (χ3n) is 8.89. The number of carbonyl (C=O) groups is 3. The maximum Gasteiger partial charge on any atom is 0.311 e. The van der Waals surface area contributed by atoms with Crippen LogP contribution < -0.4 is 0 Å². The summed E-state index contributed by atoms with van der Waals surface area (Å²) in [6.07, 6.45) is 30.0. The van der Waals surface area contributed by atoms with E-state index >= 15 is 0 Å². The van der Waals surface area contributed by atoms with E-state index in [0.29, 0.717) is 6.54 Å². The van der Waals surface area contributed by atoms with Crippen LogP contribution in [-0.2, 0) is 14.4 Å². The summed E-state index contributed by atoms with van der Waals surface area (Å²) in [6.45, 7) is 8.50. The van der Waals surface area contributed by atoms with Crippen molar-refractivity contribution in [2.75, 3.05) is 26.2 Å². The topological polar surface area (TPSA) is 112 Å². The van der Waals surface area contributed by atoms with Crippen molar-refractivity contribution in [2.24, 2.45) is 17.8 Å². The zero-order valence-electron chi connectivity index (χ0n) is 28.4. The average molecular weight is 611 g/mol. The minimum atomic E-state index is -0.930. The lowest BCUT2D eigenvalue weighted by Crippen LogP contribution is -2.57. The van der Waals surface area contributed by atoms with E-state index in [1.165, 1.54) is 109 Å². The molecule has 0 fully saturated rings. The van der Waals surface area contributed by atoms with Crippen molar-refractivity contribution in [1.82, 2.24) is 0 Å². The number of carboxylic acid groups (broad SMARTS) is 3. The van der Waals surface area contributed by atoms with Gasteiger partial charge in [0.25, 0.3) is 0 Å². The lowest BCUT2D eigenvalue weighted by molar-refractivity contribution is -0.934. The zero-order valence-corrected chi connectivity index (χ0v) is 28.4. The molecule has 43 heavy (non-hydrogen) atoms. The molecule has 7 heteroatoms. The number of nitrogens with zero attached hydrogens (tertiary/aromatic N) is 1. The Morgan fingerprint density at radius 2 is 0.767 bits per heavy atom. The predicted molar refractivity (Wildman–Crippen MR) is 177 cm³/mol. The molecule has 3 atom stereocenters. The number of rotatable bonds is 31. The Hall–Kier alpha value is -1.89. The number of allylic oxidation sites excluding steroid dienone is 2. The van der Waals surface area contributed by atoms with Gasteiger partial charge in [0.15, 0.2) is 0 Å². The van der Waals surface area contributed by atoms with Crippen molar-refractivity contribution in [3.63, 3.8) is 0 Å². The molecule has 0 aromatic carbocycles. The average Bonchev–Trinajstić information content (AvgIpc) is 2.95. The van der Waals surface area contributed by atoms with Crippen LogP contribution >= 0.6 is 0 Å². The molecule has 0 aliphatic heterocycles. The molecule has 0 heterocycles. The van der Waals surface area contributed by atoms with E-state index in [0.717, 1.165) is 19.3 Å². The summed E-state index contributed by atoms with van der Waals surface area (Å²) in [5.41, 5.74) is 0. The van der Waals surface area contributed by atoms with Crippen molar-refractivity contribution in [2.45, 2.75) is 156 Å². The summed E-state index contributed by atoms with van der Waals surface area (Å²) in [6, 6.07) is 0. The standard InChI is InChI=1S/C36H67NO6/c1-5-6-7-8-9-10-11-12-13-14-15-16-17-18-19-20-21-22-23-24-25-26-27-37(28-31(2)34(38)39,29-32(3)35(40)41)30-33(4)36(42)43/h9-10,31-33H,5-8,11-30H2,1-4H3,(H2-,38,39,40,41,42,43)/p+1/b10-9+. The van der Waals surface area contributed by atoms with E-state index in [1.54, 1.807) is 20.8 Å².